The van der Waals surface area contributed by atoms with E-state index < -0.39 is 69.5 Å². The second-order valence-electron chi connectivity index (χ2n) is 17.5. The first-order valence-electron chi connectivity index (χ1n) is 25.5. The Hall–Kier alpha value is -8.70. The van der Waals surface area contributed by atoms with E-state index in [9.17, 15) is 76.7 Å². The summed E-state index contributed by atoms with van der Waals surface area (Å²) in [5.41, 5.74) is 3.77. The van der Waals surface area contributed by atoms with Crippen LogP contribution in [0.15, 0.2) is 47.4 Å². The number of carbonyl (C=O) groups is 10. The molecule has 0 saturated carbocycles. The van der Waals surface area contributed by atoms with Crippen LogP contribution in [-0.4, -0.2) is 110 Å². The summed E-state index contributed by atoms with van der Waals surface area (Å²) in [7, 11) is 0. The molecule has 1 saturated heterocycles. The van der Waals surface area contributed by atoms with E-state index in [2.05, 4.69) is 34.4 Å². The maximum atomic E-state index is 11.7. The summed E-state index contributed by atoms with van der Waals surface area (Å²) in [6.07, 6.45) is 18.4. The number of aliphatic carboxylic acids is 3. The molecule has 13 N–H and O–H groups in total. The number of hydrogen-bond donors (Lipinski definition) is 12. The quantitative estimate of drug-likeness (QED) is 0.0190. The van der Waals surface area contributed by atoms with Gasteiger partial charge in [-0.1, -0.05) is 51.4 Å². The number of amides is 1. The van der Waals surface area contributed by atoms with E-state index in [1.165, 1.54) is 26.2 Å². The zero-order chi connectivity index (χ0) is 60.8. The second kappa shape index (κ2) is 45.3. The highest BCUT2D eigenvalue weighted by Gasteiger charge is 2.13. The van der Waals surface area contributed by atoms with Crippen molar-refractivity contribution in [3.05, 3.63) is 92.2 Å². The minimum Gasteiger partial charge on any atom is -0.481 e. The van der Waals surface area contributed by atoms with Crippen molar-refractivity contribution in [3.8, 4) is 0 Å². The fourth-order valence-corrected chi connectivity index (χ4v) is 6.36. The standard InChI is InChI=1S/C13H19N3O5.C13H18N2O5.C8H14O4.C8H12O3.C4H5N3O2.C4H6O3/c17-10(5-3-1-2-4-6-11(18)16-21)7-9-8-14-13(20)15-12(9)19;16-10(5-3-1-2-4-6-11(17)18)7-9-8-14-13(20)15-12(9)19;9-7(10)5-3-1-2-4-6-8(11)12;9-7-5-3-1-2-4-6-8(10)11-7;5-2-1-6-4(9)7-3(2)8;1-3(5)7-4(2)6/h8,21H,1-7H2,(H,16,18)(H2,14,15,19,20);8H,1-7H2,(H,17,18)(H2,14,15,19,20);1-6H2,(H,9,10)(H,11,12);1-6H2;1H,5H2,(H2,6,7,8,9);1-2H3. The van der Waals surface area contributed by atoms with E-state index in [1.807, 2.05) is 4.98 Å². The van der Waals surface area contributed by atoms with Gasteiger partial charge in [0.05, 0.1) is 0 Å². The van der Waals surface area contributed by atoms with E-state index >= 15 is 0 Å². The number of H-pyrrole nitrogens is 6. The first-order valence-corrected chi connectivity index (χ1v) is 25.5. The highest BCUT2D eigenvalue weighted by molar-refractivity contribution is 5.85. The number of carboxylic acids is 3. The number of unbranched alkanes of at least 4 members (excludes halogenated alkanes) is 9. The third-order valence-electron chi connectivity index (χ3n) is 10.3. The summed E-state index contributed by atoms with van der Waals surface area (Å²) in [5.74, 6) is -4.78. The molecule has 4 rings (SSSR count). The van der Waals surface area contributed by atoms with Crippen molar-refractivity contribution in [3.63, 3.8) is 0 Å². The Morgan fingerprint density at radius 1 is 0.487 bits per heavy atom. The van der Waals surface area contributed by atoms with Crippen LogP contribution in [0.3, 0.4) is 0 Å². The predicted octanol–water partition coefficient (Wildman–Crippen LogP) is 2.27. The molecule has 1 fully saturated rings. The van der Waals surface area contributed by atoms with E-state index in [0.29, 0.717) is 64.2 Å². The summed E-state index contributed by atoms with van der Waals surface area (Å²) in [5, 5.41) is 33.3. The number of ether oxygens (including phenoxy) is 2. The number of hydrogen-bond acceptors (Lipinski definition) is 20. The summed E-state index contributed by atoms with van der Waals surface area (Å²) < 4.78 is 8.47. The van der Waals surface area contributed by atoms with Gasteiger partial charge < -0.3 is 45.5 Å². The third kappa shape index (κ3) is 45.5. The Labute approximate surface area is 456 Å². The van der Waals surface area contributed by atoms with Gasteiger partial charge in [0.25, 0.3) is 16.7 Å². The lowest BCUT2D eigenvalue weighted by Gasteiger charge is -2.01. The average molecular weight is 1140 g/mol. The third-order valence-corrected chi connectivity index (χ3v) is 10.3. The number of Topliss-reactive ketones (excluding diaryl/α,β-unsaturated/α-hetero) is 2. The molecular formula is C50H74N8O22. The molecule has 3 aromatic rings. The van der Waals surface area contributed by atoms with E-state index in [0.717, 1.165) is 70.4 Å². The SMILES string of the molecule is CC(=O)OC(C)=O.Nc1c[nH]c(=O)[nH]c1=O.O=C(CCCCCCC(=O)NO)Cc1c[nH]c(=O)[nH]c1=O.O=C(O)CCCCCCC(=O)Cc1c[nH]c(=O)[nH]c1=O.O=C(O)CCCCCCC(=O)O.O=C1CCCCCCC(=O)O1. The van der Waals surface area contributed by atoms with Crippen LogP contribution in [0.2, 0.25) is 0 Å². The van der Waals surface area contributed by atoms with Gasteiger partial charge in [-0.15, -0.1) is 0 Å². The lowest BCUT2D eigenvalue weighted by Crippen LogP contribution is -2.25. The monoisotopic (exact) mass is 1140 g/mol. The van der Waals surface area contributed by atoms with Gasteiger partial charge in [0.15, 0.2) is 0 Å². The predicted molar refractivity (Wildman–Crippen MR) is 282 cm³/mol. The number of nitrogen functional groups attached to an aromatic ring is 1. The minimum atomic E-state index is -0.807. The van der Waals surface area contributed by atoms with Crippen LogP contribution in [0.4, 0.5) is 5.69 Å². The van der Waals surface area contributed by atoms with Crippen molar-refractivity contribution in [2.75, 3.05) is 5.73 Å². The molecule has 1 amide bonds. The summed E-state index contributed by atoms with van der Waals surface area (Å²) >= 11 is 0. The molecule has 0 bridgehead atoms. The molecule has 0 unspecified atom stereocenters. The topological polar surface area (TPSA) is 505 Å². The number of ketones is 2. The molecule has 0 aliphatic carbocycles. The van der Waals surface area contributed by atoms with Crippen molar-refractivity contribution >= 4 is 64.9 Å². The average Bonchev–Trinajstić information content (AvgIpc) is 3.46. The number of hydroxylamine groups is 1. The number of nitrogens with two attached hydrogens (primary N) is 1. The number of anilines is 1. The molecule has 0 atom stereocenters. The normalized spacial score (nSPS) is 11.4. The van der Waals surface area contributed by atoms with Crippen LogP contribution in [-0.2, 0) is 70.3 Å². The molecule has 1 aliphatic heterocycles. The van der Waals surface area contributed by atoms with Gasteiger partial charge in [-0.2, -0.15) is 0 Å². The first kappa shape index (κ1) is 73.4. The zero-order valence-electron chi connectivity index (χ0n) is 44.8. The van der Waals surface area contributed by atoms with Crippen molar-refractivity contribution < 1.29 is 77.9 Å². The second-order valence-corrected chi connectivity index (χ2v) is 17.5. The van der Waals surface area contributed by atoms with Crippen LogP contribution in [0, 0.1) is 0 Å². The van der Waals surface area contributed by atoms with Gasteiger partial charge in [-0.05, 0) is 51.4 Å². The fourth-order valence-electron chi connectivity index (χ4n) is 6.36. The highest BCUT2D eigenvalue weighted by Crippen LogP contribution is 2.11. The largest absolute Gasteiger partial charge is 0.481 e. The molecule has 1 aliphatic rings. The number of carbonyl (C=O) groups excluding carboxylic acids is 7. The van der Waals surface area contributed by atoms with Crippen LogP contribution in [0.5, 0.6) is 0 Å². The Morgan fingerprint density at radius 2 is 0.812 bits per heavy atom. The van der Waals surface area contributed by atoms with Crippen LogP contribution in [0.1, 0.15) is 179 Å². The Bertz CT molecular complexity index is 2740. The van der Waals surface area contributed by atoms with Gasteiger partial charge in [-0.3, -0.25) is 82.5 Å². The molecule has 0 radical (unpaired) electrons. The highest BCUT2D eigenvalue weighted by atomic mass is 16.6. The molecule has 30 nitrogen and oxygen atoms in total. The number of cyclic esters (lactones) is 2. The Balaban J connectivity index is 0. The molecule has 80 heavy (non-hydrogen) atoms. The maximum Gasteiger partial charge on any atom is 0.325 e. The van der Waals surface area contributed by atoms with Crippen molar-refractivity contribution in [1.82, 2.24) is 35.4 Å². The van der Waals surface area contributed by atoms with Crippen LogP contribution >= 0.6 is 0 Å². The minimum absolute atomic E-state index is 0.000961. The smallest absolute Gasteiger partial charge is 0.325 e. The molecule has 0 aromatic carbocycles. The number of aromatic amines is 6. The fraction of sp³-hybridized carbons (Fsp3) is 0.560. The summed E-state index contributed by atoms with van der Waals surface area (Å²) in [6.45, 7) is 2.36. The van der Waals surface area contributed by atoms with Crippen LogP contribution < -0.4 is 45.0 Å². The van der Waals surface area contributed by atoms with Crippen molar-refractivity contribution in [2.45, 2.75) is 181 Å². The van der Waals surface area contributed by atoms with E-state index in [1.54, 1.807) is 5.48 Å². The summed E-state index contributed by atoms with van der Waals surface area (Å²) in [4.78, 5) is 184. The first-order chi connectivity index (χ1) is 37.7. The Morgan fingerprint density at radius 3 is 1.10 bits per heavy atom. The number of esters is 4. The van der Waals surface area contributed by atoms with Crippen LogP contribution in [0.25, 0.3) is 0 Å². The van der Waals surface area contributed by atoms with Gasteiger partial charge in [-0.25, -0.2) is 19.9 Å². The van der Waals surface area contributed by atoms with Gasteiger partial charge >= 0.3 is 58.9 Å². The van der Waals surface area contributed by atoms with E-state index in [-0.39, 0.29) is 78.8 Å². The van der Waals surface area contributed by atoms with Gasteiger partial charge in [0, 0.05) is 108 Å². The van der Waals surface area contributed by atoms with Gasteiger partial charge in [0.1, 0.15) is 17.3 Å². The lowest BCUT2D eigenvalue weighted by atomic mass is 10.0. The number of aromatic nitrogens is 6. The number of carboxylic acid groups (broad SMARTS) is 3. The van der Waals surface area contributed by atoms with Gasteiger partial charge in [0.2, 0.25) is 5.91 Å². The number of nitrogens with one attached hydrogen (secondary N) is 7. The maximum absolute atomic E-state index is 11.7. The lowest BCUT2D eigenvalue weighted by molar-refractivity contribution is -0.160. The molecule has 446 valence electrons. The zero-order valence-corrected chi connectivity index (χ0v) is 44.8. The van der Waals surface area contributed by atoms with Crippen molar-refractivity contribution in [1.29, 1.82) is 0 Å². The molecular weight excluding hydrogens is 1060 g/mol. The van der Waals surface area contributed by atoms with E-state index in [4.69, 9.17) is 26.3 Å². The molecule has 0 spiro atoms. The molecule has 4 heterocycles. The molecule has 3 aromatic heterocycles. The number of rotatable bonds is 25. The molecule has 30 heteroatoms. The van der Waals surface area contributed by atoms with Crippen molar-refractivity contribution in [2.24, 2.45) is 0 Å². The Kier molecular flexibility index (Phi) is 41.6. The summed E-state index contributed by atoms with van der Waals surface area (Å²) in [6, 6.07) is 0.